The first-order valence-corrected chi connectivity index (χ1v) is 2.87. The summed E-state index contributed by atoms with van der Waals surface area (Å²) < 4.78 is 0. The number of aliphatic imine (C=N–C) groups is 1. The smallest absolute Gasteiger partial charge is 0.294 e. The van der Waals surface area contributed by atoms with E-state index in [1.165, 1.54) is 6.21 Å². The van der Waals surface area contributed by atoms with Crippen LogP contribution in [0.5, 0.6) is 0 Å². The molecule has 0 spiro atoms. The standard InChI is InChI=1S/C6H4N2O2/c9-5-4-3(1-2-7-4)8-6(5)10/h1-2,4H,(H,8,10). The number of allylic oxidation sites excluding steroid dienone is 1. The lowest BCUT2D eigenvalue weighted by Crippen LogP contribution is -2.20. The number of nitrogens with zero attached hydrogens (tertiary/aromatic N) is 1. The van der Waals surface area contributed by atoms with E-state index in [0.717, 1.165) is 0 Å². The van der Waals surface area contributed by atoms with Crippen LogP contribution in [-0.2, 0) is 9.59 Å². The maximum absolute atomic E-state index is 10.8. The Bertz CT molecular complexity index is 275. The number of hydrogen-bond donors (Lipinski definition) is 1. The Labute approximate surface area is 56.6 Å². The molecular weight excluding hydrogens is 132 g/mol. The molecule has 1 saturated heterocycles. The van der Waals surface area contributed by atoms with Gasteiger partial charge in [-0.05, 0) is 6.08 Å². The number of rotatable bonds is 0. The first-order valence-electron chi connectivity index (χ1n) is 2.87. The average Bonchev–Trinajstić information content (AvgIpc) is 2.41. The molecule has 2 rings (SSSR count). The van der Waals surface area contributed by atoms with Crippen LogP contribution in [0.1, 0.15) is 0 Å². The largest absolute Gasteiger partial charge is 0.320 e. The van der Waals surface area contributed by atoms with Crippen LogP contribution in [0.3, 0.4) is 0 Å². The quantitative estimate of drug-likeness (QED) is 0.435. The highest BCUT2D eigenvalue weighted by Gasteiger charge is 2.37. The number of hydrogen-bond acceptors (Lipinski definition) is 3. The van der Waals surface area contributed by atoms with Gasteiger partial charge in [0, 0.05) is 6.21 Å². The molecule has 50 valence electrons. The van der Waals surface area contributed by atoms with Gasteiger partial charge in [-0.2, -0.15) is 0 Å². The fraction of sp³-hybridized carbons (Fsp3) is 0.167. The number of carbonyl (C=O) groups excluding carboxylic acids is 2. The zero-order valence-electron chi connectivity index (χ0n) is 5.00. The minimum absolute atomic E-state index is 0.458. The average molecular weight is 136 g/mol. The van der Waals surface area contributed by atoms with Crippen molar-refractivity contribution in [2.75, 3.05) is 0 Å². The molecule has 0 aromatic heterocycles. The summed E-state index contributed by atoms with van der Waals surface area (Å²) in [6.45, 7) is 0. The van der Waals surface area contributed by atoms with Crippen molar-refractivity contribution in [3.05, 3.63) is 11.8 Å². The van der Waals surface area contributed by atoms with Crippen LogP contribution in [0.2, 0.25) is 0 Å². The van der Waals surface area contributed by atoms with E-state index in [9.17, 15) is 9.59 Å². The molecule has 0 saturated carbocycles. The Morgan fingerprint density at radius 3 is 3.00 bits per heavy atom. The number of ketones is 1. The topological polar surface area (TPSA) is 58.5 Å². The van der Waals surface area contributed by atoms with Gasteiger partial charge >= 0.3 is 0 Å². The summed E-state index contributed by atoms with van der Waals surface area (Å²) in [5.74, 6) is -1.01. The van der Waals surface area contributed by atoms with E-state index in [1.807, 2.05) is 0 Å². The molecule has 4 heteroatoms. The fourth-order valence-electron chi connectivity index (χ4n) is 1.02. The molecule has 4 nitrogen and oxygen atoms in total. The van der Waals surface area contributed by atoms with E-state index in [0.29, 0.717) is 5.70 Å². The summed E-state index contributed by atoms with van der Waals surface area (Å²) in [5, 5.41) is 2.41. The Kier molecular flexibility index (Phi) is 0.818. The molecule has 2 heterocycles. The monoisotopic (exact) mass is 136 g/mol. The summed E-state index contributed by atoms with van der Waals surface area (Å²) in [6.07, 6.45) is 3.16. The third-order valence-electron chi connectivity index (χ3n) is 1.51. The third-order valence-corrected chi connectivity index (χ3v) is 1.51. The summed E-state index contributed by atoms with van der Waals surface area (Å²) in [4.78, 5) is 25.2. The van der Waals surface area contributed by atoms with Gasteiger partial charge in [0.2, 0.25) is 0 Å². The fourth-order valence-corrected chi connectivity index (χ4v) is 1.02. The van der Waals surface area contributed by atoms with E-state index in [-0.39, 0.29) is 0 Å². The third kappa shape index (κ3) is 0.478. The highest BCUT2D eigenvalue weighted by molar-refractivity contribution is 6.42. The molecule has 0 radical (unpaired) electrons. The normalized spacial score (nSPS) is 28.4. The van der Waals surface area contributed by atoms with Crippen LogP contribution in [-0.4, -0.2) is 23.9 Å². The number of Topliss-reactive ketones (excluding diaryl/α,β-unsaturated/α-hetero) is 1. The van der Waals surface area contributed by atoms with E-state index < -0.39 is 17.7 Å². The van der Waals surface area contributed by atoms with Crippen molar-refractivity contribution < 1.29 is 9.59 Å². The van der Waals surface area contributed by atoms with Gasteiger partial charge in [0.25, 0.3) is 11.7 Å². The molecule has 1 amide bonds. The molecule has 10 heavy (non-hydrogen) atoms. The van der Waals surface area contributed by atoms with Crippen LogP contribution < -0.4 is 5.32 Å². The molecule has 0 aliphatic carbocycles. The van der Waals surface area contributed by atoms with Gasteiger partial charge in [-0.15, -0.1) is 0 Å². The molecule has 0 aromatic rings. The Balaban J connectivity index is 2.43. The number of fused-ring (bicyclic) bond motifs is 1. The van der Waals surface area contributed by atoms with Crippen molar-refractivity contribution in [1.29, 1.82) is 0 Å². The molecule has 2 aliphatic heterocycles. The lowest BCUT2D eigenvalue weighted by Gasteiger charge is -1.92. The van der Waals surface area contributed by atoms with Crippen LogP contribution in [0.15, 0.2) is 16.8 Å². The second-order valence-corrected chi connectivity index (χ2v) is 2.14. The minimum Gasteiger partial charge on any atom is -0.320 e. The van der Waals surface area contributed by atoms with Crippen molar-refractivity contribution in [2.24, 2.45) is 4.99 Å². The second kappa shape index (κ2) is 1.53. The van der Waals surface area contributed by atoms with Gasteiger partial charge in [-0.25, -0.2) is 0 Å². The van der Waals surface area contributed by atoms with Crippen LogP contribution in [0.25, 0.3) is 0 Å². The molecule has 2 aliphatic rings. The summed E-state index contributed by atoms with van der Waals surface area (Å²) >= 11 is 0. The summed E-state index contributed by atoms with van der Waals surface area (Å²) in [7, 11) is 0. The zero-order chi connectivity index (χ0) is 7.14. The number of nitrogens with one attached hydrogen (secondary N) is 1. The van der Waals surface area contributed by atoms with Gasteiger partial charge in [-0.3, -0.25) is 14.6 Å². The number of carbonyl (C=O) groups is 2. The minimum atomic E-state index is -0.549. The van der Waals surface area contributed by atoms with Crippen molar-refractivity contribution in [1.82, 2.24) is 5.32 Å². The van der Waals surface area contributed by atoms with Crippen molar-refractivity contribution in [3.63, 3.8) is 0 Å². The predicted octanol–water partition coefficient (Wildman–Crippen LogP) is -0.978. The van der Waals surface area contributed by atoms with Crippen LogP contribution in [0, 0.1) is 0 Å². The van der Waals surface area contributed by atoms with Gasteiger partial charge in [-0.1, -0.05) is 0 Å². The lowest BCUT2D eigenvalue weighted by atomic mass is 10.2. The molecule has 0 bridgehead atoms. The molecule has 1 atom stereocenters. The Morgan fingerprint density at radius 1 is 1.50 bits per heavy atom. The number of amides is 1. The maximum atomic E-state index is 10.8. The van der Waals surface area contributed by atoms with E-state index in [2.05, 4.69) is 10.3 Å². The summed E-state index contributed by atoms with van der Waals surface area (Å²) in [6, 6.07) is -0.549. The Morgan fingerprint density at radius 2 is 2.30 bits per heavy atom. The van der Waals surface area contributed by atoms with Crippen molar-refractivity contribution in [2.45, 2.75) is 6.04 Å². The molecule has 0 aromatic carbocycles. The molecule has 1 unspecified atom stereocenters. The van der Waals surface area contributed by atoms with E-state index in [1.54, 1.807) is 6.08 Å². The van der Waals surface area contributed by atoms with Crippen LogP contribution >= 0.6 is 0 Å². The van der Waals surface area contributed by atoms with E-state index >= 15 is 0 Å². The highest BCUT2D eigenvalue weighted by Crippen LogP contribution is 2.15. The van der Waals surface area contributed by atoms with Gasteiger partial charge in [0.05, 0.1) is 5.70 Å². The van der Waals surface area contributed by atoms with Gasteiger partial charge < -0.3 is 5.32 Å². The second-order valence-electron chi connectivity index (χ2n) is 2.14. The van der Waals surface area contributed by atoms with Crippen LogP contribution in [0.4, 0.5) is 0 Å². The van der Waals surface area contributed by atoms with Crippen molar-refractivity contribution in [3.8, 4) is 0 Å². The van der Waals surface area contributed by atoms with E-state index in [4.69, 9.17) is 0 Å². The predicted molar refractivity (Wildman–Crippen MR) is 33.5 cm³/mol. The first-order chi connectivity index (χ1) is 4.79. The Hall–Kier alpha value is -1.45. The molecular formula is C6H4N2O2. The first kappa shape index (κ1) is 5.34. The zero-order valence-corrected chi connectivity index (χ0v) is 5.00. The maximum Gasteiger partial charge on any atom is 0.294 e. The highest BCUT2D eigenvalue weighted by atomic mass is 16.2. The van der Waals surface area contributed by atoms with Gasteiger partial charge in [0.1, 0.15) is 0 Å². The van der Waals surface area contributed by atoms with Gasteiger partial charge in [0.15, 0.2) is 6.04 Å². The molecule has 1 N–H and O–H groups in total. The SMILES string of the molecule is O=C1NC2=CC=NC2C1=O. The van der Waals surface area contributed by atoms with Crippen molar-refractivity contribution >= 4 is 17.9 Å². The lowest BCUT2D eigenvalue weighted by molar-refractivity contribution is -0.135. The molecule has 1 fully saturated rings. The summed E-state index contributed by atoms with van der Waals surface area (Å²) in [5.41, 5.74) is 0.606.